The summed E-state index contributed by atoms with van der Waals surface area (Å²) in [6.45, 7) is 5.16. The largest absolute Gasteiger partial charge is 0.225 e. The van der Waals surface area contributed by atoms with Crippen LogP contribution in [0.2, 0.25) is 0 Å². The minimum absolute atomic E-state index is 0.488. The maximum absolute atomic E-state index is 4.84. The lowest BCUT2D eigenvalue weighted by atomic mass is 10.2. The number of aromatic nitrogens is 12. The Labute approximate surface area is 295 Å². The zero-order valence-corrected chi connectivity index (χ0v) is 28.8. The van der Waals surface area contributed by atoms with Crippen LogP contribution in [-0.4, -0.2) is 60.0 Å². The van der Waals surface area contributed by atoms with Gasteiger partial charge in [-0.15, -0.1) is 20.4 Å². The highest BCUT2D eigenvalue weighted by atomic mass is 33.1. The number of hydrogen-bond acceptors (Lipinski definition) is 10. The zero-order valence-electron chi connectivity index (χ0n) is 27.1. The second-order valence-corrected chi connectivity index (χ2v) is 13.7. The van der Waals surface area contributed by atoms with E-state index in [9.17, 15) is 0 Å². The van der Waals surface area contributed by atoms with E-state index in [1.807, 2.05) is 94.3 Å². The molecule has 0 N–H and O–H groups in total. The van der Waals surface area contributed by atoms with Crippen molar-refractivity contribution in [2.75, 3.05) is 0 Å². The number of aryl methyl sites for hydroxylation is 2. The van der Waals surface area contributed by atoms with Crippen LogP contribution in [0, 0.1) is 13.8 Å². The summed E-state index contributed by atoms with van der Waals surface area (Å²) in [5, 5.41) is 38.5. The lowest BCUT2D eigenvalue weighted by molar-refractivity contribution is 0.573. The third kappa shape index (κ3) is 6.45. The van der Waals surface area contributed by atoms with Crippen molar-refractivity contribution in [3.8, 4) is 34.2 Å². The van der Waals surface area contributed by atoms with Crippen LogP contribution in [-0.2, 0) is 13.1 Å². The molecule has 246 valence electrons. The number of rotatable bonds is 11. The van der Waals surface area contributed by atoms with Gasteiger partial charge in [0.05, 0.1) is 48.0 Å². The molecule has 0 atom stereocenters. The Kier molecular flexibility index (Phi) is 8.76. The van der Waals surface area contributed by atoms with E-state index in [-0.39, 0.29) is 0 Å². The third-order valence-electron chi connectivity index (χ3n) is 8.06. The van der Waals surface area contributed by atoms with Gasteiger partial charge in [0, 0.05) is 0 Å². The van der Waals surface area contributed by atoms with Crippen molar-refractivity contribution < 1.29 is 0 Å². The molecule has 4 aromatic heterocycles. The summed E-state index contributed by atoms with van der Waals surface area (Å²) >= 11 is 0. The Balaban J connectivity index is 1.18. The van der Waals surface area contributed by atoms with E-state index in [0.29, 0.717) is 24.7 Å². The molecule has 0 aliphatic carbocycles. The minimum atomic E-state index is 0.488. The Bertz CT molecular complexity index is 2210. The maximum atomic E-state index is 4.84. The summed E-state index contributed by atoms with van der Waals surface area (Å²) < 4.78 is 3.87. The molecule has 0 saturated heterocycles. The van der Waals surface area contributed by atoms with E-state index in [0.717, 1.165) is 54.8 Å². The Morgan fingerprint density at radius 1 is 0.500 bits per heavy atom. The molecule has 12 nitrogen and oxygen atoms in total. The molecule has 4 heterocycles. The van der Waals surface area contributed by atoms with Gasteiger partial charge < -0.3 is 0 Å². The van der Waals surface area contributed by atoms with Crippen LogP contribution < -0.4 is 0 Å². The Hall–Kier alpha value is -5.86. The molecule has 0 bridgehead atoms. The number of para-hydroxylation sites is 2. The third-order valence-corrected chi connectivity index (χ3v) is 10.4. The number of nitrogens with zero attached hydrogens (tertiary/aromatic N) is 12. The van der Waals surface area contributed by atoms with Crippen LogP contribution in [0.3, 0.4) is 0 Å². The first-order chi connectivity index (χ1) is 24.6. The Morgan fingerprint density at radius 2 is 0.900 bits per heavy atom. The van der Waals surface area contributed by atoms with Gasteiger partial charge in [-0.05, 0) is 80.2 Å². The van der Waals surface area contributed by atoms with E-state index < -0.39 is 0 Å². The van der Waals surface area contributed by atoms with E-state index >= 15 is 0 Å². The molecule has 0 saturated carbocycles. The Morgan fingerprint density at radius 3 is 1.32 bits per heavy atom. The fraction of sp³-hybridized carbons (Fsp3) is 0.111. The molecule has 0 fully saturated rings. The highest BCUT2D eigenvalue weighted by molar-refractivity contribution is 8.76. The summed E-state index contributed by atoms with van der Waals surface area (Å²) in [6, 6.07) is 36.5. The van der Waals surface area contributed by atoms with Gasteiger partial charge in [-0.1, -0.05) is 97.1 Å². The van der Waals surface area contributed by atoms with Crippen LogP contribution in [0.5, 0.6) is 0 Å². The second kappa shape index (κ2) is 13.9. The average Bonchev–Trinajstić information content (AvgIpc) is 3.96. The molecule has 8 aromatic rings. The van der Waals surface area contributed by atoms with Gasteiger partial charge in [-0.3, -0.25) is 0 Å². The molecule has 4 aromatic carbocycles. The monoisotopic (exact) mass is 694 g/mol. The predicted octanol–water partition coefficient (Wildman–Crippen LogP) is 6.88. The van der Waals surface area contributed by atoms with Crippen molar-refractivity contribution in [2.45, 2.75) is 37.0 Å². The molecule has 8 rings (SSSR count). The SMILES string of the molecule is Cc1ccccc1-n1ncc(-c2nnn(Cc3ccccc3)n2)c1SSc1c(-c2nnn(Cc3ccccc3)n2)cnn1-c1ccccc1C. The first kappa shape index (κ1) is 31.4. The lowest BCUT2D eigenvalue weighted by Gasteiger charge is -2.13. The van der Waals surface area contributed by atoms with Gasteiger partial charge in [0.1, 0.15) is 10.1 Å². The van der Waals surface area contributed by atoms with Crippen molar-refractivity contribution >= 4 is 21.6 Å². The molecule has 14 heteroatoms. The molecule has 50 heavy (non-hydrogen) atoms. The molecule has 0 aliphatic rings. The molecule has 0 unspecified atom stereocenters. The topological polar surface area (TPSA) is 123 Å². The van der Waals surface area contributed by atoms with E-state index in [1.165, 1.54) is 21.6 Å². The van der Waals surface area contributed by atoms with Crippen molar-refractivity contribution in [2.24, 2.45) is 0 Å². The normalized spacial score (nSPS) is 11.3. The van der Waals surface area contributed by atoms with Crippen molar-refractivity contribution in [3.63, 3.8) is 0 Å². The lowest BCUT2D eigenvalue weighted by Crippen LogP contribution is -2.04. The van der Waals surface area contributed by atoms with Crippen LogP contribution in [0.25, 0.3) is 34.2 Å². The average molecular weight is 695 g/mol. The van der Waals surface area contributed by atoms with Gasteiger partial charge >= 0.3 is 0 Å². The maximum Gasteiger partial charge on any atom is 0.209 e. The first-order valence-corrected chi connectivity index (χ1v) is 18.0. The van der Waals surface area contributed by atoms with Crippen LogP contribution >= 0.6 is 21.6 Å². The van der Waals surface area contributed by atoms with Crippen LogP contribution in [0.4, 0.5) is 0 Å². The molecular weight excluding hydrogens is 665 g/mol. The quantitative estimate of drug-likeness (QED) is 0.133. The predicted molar refractivity (Wildman–Crippen MR) is 193 cm³/mol. The van der Waals surface area contributed by atoms with Gasteiger partial charge in [0.15, 0.2) is 0 Å². The molecule has 0 amide bonds. The number of tetrazole rings is 2. The highest BCUT2D eigenvalue weighted by Gasteiger charge is 2.25. The molecular formula is C36H30N12S2. The van der Waals surface area contributed by atoms with Crippen molar-refractivity contribution in [1.29, 1.82) is 0 Å². The van der Waals surface area contributed by atoms with E-state index in [1.54, 1.807) is 22.0 Å². The summed E-state index contributed by atoms with van der Waals surface area (Å²) in [4.78, 5) is 3.21. The smallest absolute Gasteiger partial charge is 0.209 e. The molecule has 0 aliphatic heterocycles. The zero-order chi connectivity index (χ0) is 33.9. The highest BCUT2D eigenvalue weighted by Crippen LogP contribution is 2.46. The van der Waals surface area contributed by atoms with Crippen LogP contribution in [0.1, 0.15) is 22.3 Å². The second-order valence-electron chi connectivity index (χ2n) is 11.5. The fourth-order valence-corrected chi connectivity index (χ4v) is 7.99. The summed E-state index contributed by atoms with van der Waals surface area (Å²) in [5.74, 6) is 0.976. The fourth-order valence-electron chi connectivity index (χ4n) is 5.50. The van der Waals surface area contributed by atoms with Gasteiger partial charge in [0.25, 0.3) is 0 Å². The first-order valence-electron chi connectivity index (χ1n) is 15.9. The summed E-state index contributed by atoms with van der Waals surface area (Å²) in [5.41, 5.74) is 7.78. The standard InChI is InChI=1S/C36H30N12S2/c1-25-13-9-11-19-31(25)47-35(29(21-37-47)33-39-43-45(41-33)23-27-15-5-3-6-16-27)49-50-36-30(22-38-48(36)32-20-12-10-14-26(32)2)34-40-44-46(42-34)24-28-17-7-4-8-18-28/h3-22H,23-24H2,1-2H3. The van der Waals surface area contributed by atoms with Crippen molar-refractivity contribution in [3.05, 3.63) is 144 Å². The van der Waals surface area contributed by atoms with Gasteiger partial charge in [-0.2, -0.15) is 19.8 Å². The van der Waals surface area contributed by atoms with Gasteiger partial charge in [-0.25, -0.2) is 9.36 Å². The van der Waals surface area contributed by atoms with E-state index in [2.05, 4.69) is 58.7 Å². The number of hydrogen-bond donors (Lipinski definition) is 0. The molecule has 0 radical (unpaired) electrons. The molecule has 0 spiro atoms. The van der Waals surface area contributed by atoms with Crippen molar-refractivity contribution in [1.82, 2.24) is 60.0 Å². The summed E-state index contributed by atoms with van der Waals surface area (Å²) in [6.07, 6.45) is 3.60. The summed E-state index contributed by atoms with van der Waals surface area (Å²) in [7, 11) is 3.08. The van der Waals surface area contributed by atoms with Gasteiger partial charge in [0.2, 0.25) is 11.6 Å². The van der Waals surface area contributed by atoms with E-state index in [4.69, 9.17) is 20.4 Å². The van der Waals surface area contributed by atoms with Crippen LogP contribution in [0.15, 0.2) is 132 Å². The minimum Gasteiger partial charge on any atom is -0.225 e. The number of benzene rings is 4.